The van der Waals surface area contributed by atoms with Gasteiger partial charge in [-0.1, -0.05) is 0 Å². The van der Waals surface area contributed by atoms with Crippen LogP contribution in [0.3, 0.4) is 0 Å². The van der Waals surface area contributed by atoms with Crippen molar-refractivity contribution in [2.24, 2.45) is 10.9 Å². The third-order valence-corrected chi connectivity index (χ3v) is 1.92. The Bertz CT molecular complexity index is 251. The maximum absolute atomic E-state index is 10.4. The van der Waals surface area contributed by atoms with Gasteiger partial charge in [-0.2, -0.15) is 0 Å². The lowest BCUT2D eigenvalue weighted by Gasteiger charge is -2.03. The molecule has 0 heterocycles. The summed E-state index contributed by atoms with van der Waals surface area (Å²) in [5.41, 5.74) is 4.73. The van der Waals surface area contributed by atoms with Gasteiger partial charge in [-0.25, -0.2) is 18.4 Å². The molecule has 78 valence electrons. The Morgan fingerprint density at radius 2 is 2.08 bits per heavy atom. The second-order valence-corrected chi connectivity index (χ2v) is 4.05. The zero-order valence-corrected chi connectivity index (χ0v) is 7.84. The van der Waals surface area contributed by atoms with E-state index >= 15 is 0 Å². The first-order chi connectivity index (χ1) is 5.92. The van der Waals surface area contributed by atoms with Crippen molar-refractivity contribution in [1.82, 2.24) is 5.32 Å². The van der Waals surface area contributed by atoms with Gasteiger partial charge in [0.1, 0.15) is 6.73 Å². The Kier molecular flexibility index (Phi) is 5.35. The summed E-state index contributed by atoms with van der Waals surface area (Å²) in [7, 11) is -3.42. The molecule has 5 N–H and O–H groups in total. The van der Waals surface area contributed by atoms with Gasteiger partial charge in [0, 0.05) is 6.61 Å². The van der Waals surface area contributed by atoms with Gasteiger partial charge in [-0.3, -0.25) is 0 Å². The van der Waals surface area contributed by atoms with E-state index in [4.69, 9.17) is 15.6 Å². The molecule has 0 saturated carbocycles. The van der Waals surface area contributed by atoms with Gasteiger partial charge in [-0.15, -0.1) is 0 Å². The number of urea groups is 1. The highest BCUT2D eigenvalue weighted by atomic mass is 32.2. The lowest BCUT2D eigenvalue weighted by atomic mass is 10.5. The van der Waals surface area contributed by atoms with Crippen LogP contribution in [0, 0.1) is 0 Å². The molecule has 0 fully saturated rings. The third-order valence-electron chi connectivity index (χ3n) is 1.07. The zero-order chi connectivity index (χ0) is 10.3. The molecule has 0 aromatic rings. The number of ether oxygens (including phenoxy) is 1. The third kappa shape index (κ3) is 11.1. The number of amides is 2. The average Bonchev–Trinajstić information content (AvgIpc) is 1.93. The first-order valence-corrected chi connectivity index (χ1v) is 5.25. The highest BCUT2D eigenvalue weighted by Gasteiger charge is 2.01. The molecule has 0 aliphatic carbocycles. The quantitative estimate of drug-likeness (QED) is 0.358. The summed E-state index contributed by atoms with van der Waals surface area (Å²) < 4.78 is 25.6. The maximum atomic E-state index is 10.4. The van der Waals surface area contributed by atoms with Crippen LogP contribution in [0.15, 0.2) is 0 Å². The fourth-order valence-corrected chi connectivity index (χ4v) is 1.08. The number of hydrogen-bond donors (Lipinski definition) is 3. The van der Waals surface area contributed by atoms with Crippen LogP contribution in [-0.2, 0) is 14.8 Å². The van der Waals surface area contributed by atoms with E-state index in [1.165, 1.54) is 0 Å². The zero-order valence-electron chi connectivity index (χ0n) is 7.02. The van der Waals surface area contributed by atoms with Gasteiger partial charge in [0.05, 0.1) is 5.75 Å². The number of carbonyl (C=O) groups is 1. The number of carbonyl (C=O) groups excluding carboxylic acids is 1. The van der Waals surface area contributed by atoms with Crippen LogP contribution in [0.2, 0.25) is 0 Å². The lowest BCUT2D eigenvalue weighted by molar-refractivity contribution is 0.122. The Hall–Kier alpha value is -0.860. The van der Waals surface area contributed by atoms with E-state index in [0.29, 0.717) is 6.42 Å². The number of rotatable bonds is 6. The first-order valence-electron chi connectivity index (χ1n) is 3.53. The highest BCUT2D eigenvalue weighted by Crippen LogP contribution is 1.86. The molecule has 0 aliphatic heterocycles. The van der Waals surface area contributed by atoms with E-state index in [-0.39, 0.29) is 19.1 Å². The average molecular weight is 211 g/mol. The number of nitrogens with two attached hydrogens (primary N) is 2. The van der Waals surface area contributed by atoms with Crippen molar-refractivity contribution in [3.05, 3.63) is 0 Å². The fourth-order valence-electron chi connectivity index (χ4n) is 0.557. The second-order valence-electron chi connectivity index (χ2n) is 2.31. The Labute approximate surface area is 76.5 Å². The Morgan fingerprint density at radius 1 is 1.46 bits per heavy atom. The first kappa shape index (κ1) is 12.1. The van der Waals surface area contributed by atoms with Crippen molar-refractivity contribution >= 4 is 16.1 Å². The molecule has 0 saturated heterocycles. The monoisotopic (exact) mass is 211 g/mol. The molecule has 0 aromatic heterocycles. The Balaban J connectivity index is 3.23. The molecule has 13 heavy (non-hydrogen) atoms. The van der Waals surface area contributed by atoms with Gasteiger partial charge in [0.15, 0.2) is 0 Å². The van der Waals surface area contributed by atoms with Gasteiger partial charge in [0.2, 0.25) is 10.0 Å². The molecule has 0 rings (SSSR count). The van der Waals surface area contributed by atoms with Crippen molar-refractivity contribution in [1.29, 1.82) is 0 Å². The number of sulfonamides is 1. The lowest BCUT2D eigenvalue weighted by Crippen LogP contribution is -2.31. The predicted molar refractivity (Wildman–Crippen MR) is 46.1 cm³/mol. The van der Waals surface area contributed by atoms with Crippen LogP contribution in [0.5, 0.6) is 0 Å². The molecular weight excluding hydrogens is 198 g/mol. The number of hydrogen-bond acceptors (Lipinski definition) is 4. The molecular formula is C5H13N3O4S. The number of primary sulfonamides is 1. The van der Waals surface area contributed by atoms with Crippen molar-refractivity contribution in [2.45, 2.75) is 6.42 Å². The normalized spacial score (nSPS) is 11.2. The molecule has 0 aliphatic rings. The smallest absolute Gasteiger partial charge is 0.313 e. The summed E-state index contributed by atoms with van der Waals surface area (Å²) in [6.45, 7) is 0.177. The summed E-state index contributed by atoms with van der Waals surface area (Å²) in [5, 5.41) is 6.90. The number of primary amides is 1. The molecule has 0 radical (unpaired) electrons. The van der Waals surface area contributed by atoms with Crippen molar-refractivity contribution in [3.8, 4) is 0 Å². The Morgan fingerprint density at radius 3 is 2.54 bits per heavy atom. The second kappa shape index (κ2) is 5.73. The predicted octanol–water partition coefficient (Wildman–Crippen LogP) is -1.69. The van der Waals surface area contributed by atoms with Crippen molar-refractivity contribution in [3.63, 3.8) is 0 Å². The molecule has 0 atom stereocenters. The van der Waals surface area contributed by atoms with E-state index in [2.05, 4.69) is 5.32 Å². The van der Waals surface area contributed by atoms with Crippen LogP contribution in [0.25, 0.3) is 0 Å². The summed E-state index contributed by atoms with van der Waals surface area (Å²) in [5.74, 6) is -0.135. The fraction of sp³-hybridized carbons (Fsp3) is 0.800. The number of nitrogens with one attached hydrogen (secondary N) is 1. The maximum Gasteiger partial charge on any atom is 0.313 e. The van der Waals surface area contributed by atoms with Crippen molar-refractivity contribution < 1.29 is 17.9 Å². The van der Waals surface area contributed by atoms with Crippen LogP contribution in [-0.4, -0.2) is 33.5 Å². The molecule has 0 aromatic carbocycles. The van der Waals surface area contributed by atoms with Gasteiger partial charge < -0.3 is 15.8 Å². The minimum absolute atomic E-state index is 0.0278. The van der Waals surface area contributed by atoms with Crippen molar-refractivity contribution in [2.75, 3.05) is 19.1 Å². The molecule has 8 heteroatoms. The van der Waals surface area contributed by atoms with Crippen LogP contribution in [0.1, 0.15) is 6.42 Å². The highest BCUT2D eigenvalue weighted by molar-refractivity contribution is 7.89. The van der Waals surface area contributed by atoms with E-state index in [9.17, 15) is 13.2 Å². The summed E-state index contributed by atoms with van der Waals surface area (Å²) in [6.07, 6.45) is 0.291. The van der Waals surface area contributed by atoms with Crippen LogP contribution < -0.4 is 16.2 Å². The topological polar surface area (TPSA) is 125 Å². The van der Waals surface area contributed by atoms with E-state index in [0.717, 1.165) is 0 Å². The van der Waals surface area contributed by atoms with E-state index in [1.54, 1.807) is 0 Å². The largest absolute Gasteiger partial charge is 0.361 e. The SMILES string of the molecule is NC(=O)NCOCCCS(N)(=O)=O. The molecule has 0 spiro atoms. The van der Waals surface area contributed by atoms with Crippen LogP contribution >= 0.6 is 0 Å². The summed E-state index contributed by atoms with van der Waals surface area (Å²) in [4.78, 5) is 10.1. The summed E-state index contributed by atoms with van der Waals surface area (Å²) in [6, 6.07) is -0.688. The van der Waals surface area contributed by atoms with Crippen LogP contribution in [0.4, 0.5) is 4.79 Å². The van der Waals surface area contributed by atoms with Gasteiger partial charge in [0.25, 0.3) is 0 Å². The molecule has 0 unspecified atom stereocenters. The van der Waals surface area contributed by atoms with E-state index < -0.39 is 16.1 Å². The standard InChI is InChI=1S/C5H13N3O4S/c6-5(9)8-4-12-2-1-3-13(7,10)11/h1-4H2,(H3,6,8,9)(H2,7,10,11). The minimum Gasteiger partial charge on any atom is -0.361 e. The van der Waals surface area contributed by atoms with Gasteiger partial charge >= 0.3 is 6.03 Å². The minimum atomic E-state index is -3.42. The van der Waals surface area contributed by atoms with E-state index in [1.807, 2.05) is 0 Å². The summed E-state index contributed by atoms with van der Waals surface area (Å²) >= 11 is 0. The molecule has 2 amide bonds. The molecule has 7 nitrogen and oxygen atoms in total. The van der Waals surface area contributed by atoms with Gasteiger partial charge in [-0.05, 0) is 6.42 Å². The molecule has 0 bridgehead atoms.